The van der Waals surface area contributed by atoms with Crippen molar-refractivity contribution in [2.45, 2.75) is 25.7 Å². The summed E-state index contributed by atoms with van der Waals surface area (Å²) in [5, 5.41) is 3.30. The lowest BCUT2D eigenvalue weighted by molar-refractivity contribution is 0.338. The number of fused-ring (bicyclic) bond motifs is 1. The normalized spacial score (nSPS) is 19.7. The first-order valence-electron chi connectivity index (χ1n) is 6.59. The van der Waals surface area contributed by atoms with Crippen LogP contribution in [0.2, 0.25) is 0 Å². The zero-order valence-corrected chi connectivity index (χ0v) is 10.3. The maximum absolute atomic E-state index is 13.9. The Hall–Kier alpha value is -1.16. The number of halogens is 2. The lowest BCUT2D eigenvalue weighted by Crippen LogP contribution is -2.29. The largest absolute Gasteiger partial charge is 0.490 e. The van der Waals surface area contributed by atoms with Crippen LogP contribution in [-0.2, 0) is 12.8 Å². The van der Waals surface area contributed by atoms with Crippen LogP contribution < -0.4 is 10.1 Å². The SMILES string of the molecule is Fc1cc(F)c2c(c1CC1CCNCC1)CCO2. The Morgan fingerprint density at radius 1 is 1.22 bits per heavy atom. The highest BCUT2D eigenvalue weighted by atomic mass is 19.1. The number of hydrogen-bond donors (Lipinski definition) is 1. The molecular weight excluding hydrogens is 236 g/mol. The summed E-state index contributed by atoms with van der Waals surface area (Å²) >= 11 is 0. The third-order valence-electron chi connectivity index (χ3n) is 3.95. The molecule has 1 fully saturated rings. The molecule has 2 heterocycles. The highest BCUT2D eigenvalue weighted by molar-refractivity contribution is 5.45. The van der Waals surface area contributed by atoms with Crippen molar-refractivity contribution in [2.24, 2.45) is 5.92 Å². The van der Waals surface area contributed by atoms with Gasteiger partial charge in [0.15, 0.2) is 11.6 Å². The molecule has 0 aromatic heterocycles. The van der Waals surface area contributed by atoms with Crippen LogP contribution in [0.1, 0.15) is 24.0 Å². The highest BCUT2D eigenvalue weighted by Gasteiger charge is 2.26. The summed E-state index contributed by atoms with van der Waals surface area (Å²) in [6.45, 7) is 2.45. The van der Waals surface area contributed by atoms with E-state index in [9.17, 15) is 8.78 Å². The average Bonchev–Trinajstić information content (AvgIpc) is 2.85. The van der Waals surface area contributed by atoms with Gasteiger partial charge in [-0.05, 0) is 43.8 Å². The maximum atomic E-state index is 13.9. The predicted molar refractivity (Wildman–Crippen MR) is 64.9 cm³/mol. The third kappa shape index (κ3) is 2.09. The second-order valence-electron chi connectivity index (χ2n) is 5.12. The van der Waals surface area contributed by atoms with Gasteiger partial charge in [0.25, 0.3) is 0 Å². The molecule has 1 aromatic rings. The Morgan fingerprint density at radius 2 is 2.00 bits per heavy atom. The van der Waals surface area contributed by atoms with E-state index in [-0.39, 0.29) is 5.75 Å². The van der Waals surface area contributed by atoms with Gasteiger partial charge >= 0.3 is 0 Å². The number of rotatable bonds is 2. The van der Waals surface area contributed by atoms with Crippen molar-refractivity contribution in [2.75, 3.05) is 19.7 Å². The summed E-state index contributed by atoms with van der Waals surface area (Å²) in [7, 11) is 0. The van der Waals surface area contributed by atoms with Crippen LogP contribution in [0.25, 0.3) is 0 Å². The minimum atomic E-state index is -0.561. The smallest absolute Gasteiger partial charge is 0.168 e. The van der Waals surface area contributed by atoms with Crippen molar-refractivity contribution in [1.82, 2.24) is 5.32 Å². The molecule has 0 unspecified atom stereocenters. The minimum absolute atomic E-state index is 0.278. The maximum Gasteiger partial charge on any atom is 0.168 e. The molecule has 0 atom stereocenters. The fraction of sp³-hybridized carbons (Fsp3) is 0.571. The number of nitrogens with one attached hydrogen (secondary N) is 1. The highest BCUT2D eigenvalue weighted by Crippen LogP contribution is 2.35. The first kappa shape index (κ1) is 11.9. The molecule has 0 saturated carbocycles. The van der Waals surface area contributed by atoms with Gasteiger partial charge in [0, 0.05) is 18.1 Å². The van der Waals surface area contributed by atoms with Gasteiger partial charge in [0.2, 0.25) is 0 Å². The quantitative estimate of drug-likeness (QED) is 0.874. The summed E-state index contributed by atoms with van der Waals surface area (Å²) in [6.07, 6.45) is 3.46. The Bertz CT molecular complexity index is 456. The van der Waals surface area contributed by atoms with Crippen molar-refractivity contribution in [3.8, 4) is 5.75 Å². The fourth-order valence-corrected chi connectivity index (χ4v) is 2.96. The van der Waals surface area contributed by atoms with Crippen molar-refractivity contribution in [3.63, 3.8) is 0 Å². The first-order valence-corrected chi connectivity index (χ1v) is 6.59. The average molecular weight is 253 g/mol. The van der Waals surface area contributed by atoms with Crippen LogP contribution in [-0.4, -0.2) is 19.7 Å². The van der Waals surface area contributed by atoms with Crippen molar-refractivity contribution in [1.29, 1.82) is 0 Å². The van der Waals surface area contributed by atoms with E-state index in [0.29, 0.717) is 30.9 Å². The lowest BCUT2D eigenvalue weighted by atomic mass is 9.88. The molecule has 2 aliphatic rings. The van der Waals surface area contributed by atoms with E-state index in [1.54, 1.807) is 0 Å². The molecule has 1 N–H and O–H groups in total. The van der Waals surface area contributed by atoms with Crippen molar-refractivity contribution < 1.29 is 13.5 Å². The number of benzene rings is 1. The molecule has 0 spiro atoms. The third-order valence-corrected chi connectivity index (χ3v) is 3.95. The molecule has 0 bridgehead atoms. The van der Waals surface area contributed by atoms with E-state index in [1.165, 1.54) is 0 Å². The zero-order chi connectivity index (χ0) is 12.5. The summed E-state index contributed by atoms with van der Waals surface area (Å²) < 4.78 is 32.7. The van der Waals surface area contributed by atoms with Crippen LogP contribution in [0.4, 0.5) is 8.78 Å². The monoisotopic (exact) mass is 253 g/mol. The van der Waals surface area contributed by atoms with E-state index in [2.05, 4.69) is 5.32 Å². The first-order chi connectivity index (χ1) is 8.75. The molecule has 0 radical (unpaired) electrons. The van der Waals surface area contributed by atoms with E-state index >= 15 is 0 Å². The molecule has 18 heavy (non-hydrogen) atoms. The van der Waals surface area contributed by atoms with Gasteiger partial charge in [-0.3, -0.25) is 0 Å². The van der Waals surface area contributed by atoms with Crippen LogP contribution in [0.15, 0.2) is 6.07 Å². The van der Waals surface area contributed by atoms with Gasteiger partial charge in [-0.25, -0.2) is 8.78 Å². The van der Waals surface area contributed by atoms with Gasteiger partial charge in [-0.15, -0.1) is 0 Å². The molecular formula is C14H17F2NO. The van der Waals surface area contributed by atoms with Crippen LogP contribution >= 0.6 is 0 Å². The molecule has 98 valence electrons. The summed E-state index contributed by atoms with van der Waals surface area (Å²) in [6, 6.07) is 0.973. The topological polar surface area (TPSA) is 21.3 Å². The standard InChI is InChI=1S/C14H17F2NO/c15-12-8-13(16)14-10(3-6-18-14)11(12)7-9-1-4-17-5-2-9/h8-9,17H,1-7H2. The fourth-order valence-electron chi connectivity index (χ4n) is 2.96. The molecule has 1 saturated heterocycles. The van der Waals surface area contributed by atoms with E-state index in [0.717, 1.165) is 37.6 Å². The van der Waals surface area contributed by atoms with Gasteiger partial charge in [0.05, 0.1) is 6.61 Å². The Labute approximate surface area is 105 Å². The predicted octanol–water partition coefficient (Wildman–Crippen LogP) is 2.44. The molecule has 1 aromatic carbocycles. The van der Waals surface area contributed by atoms with Crippen molar-refractivity contribution >= 4 is 0 Å². The van der Waals surface area contributed by atoms with Gasteiger partial charge in [-0.1, -0.05) is 0 Å². The molecule has 3 rings (SSSR count). The second-order valence-corrected chi connectivity index (χ2v) is 5.12. The molecule has 2 nitrogen and oxygen atoms in total. The Kier molecular flexibility index (Phi) is 3.20. The van der Waals surface area contributed by atoms with E-state index < -0.39 is 11.6 Å². The summed E-state index contributed by atoms with van der Waals surface area (Å²) in [5.74, 6) is -0.194. The van der Waals surface area contributed by atoms with Crippen LogP contribution in [0, 0.1) is 17.6 Å². The summed E-state index contributed by atoms with van der Waals surface area (Å²) in [4.78, 5) is 0. The van der Waals surface area contributed by atoms with E-state index in [4.69, 9.17) is 4.74 Å². The van der Waals surface area contributed by atoms with E-state index in [1.807, 2.05) is 0 Å². The van der Waals surface area contributed by atoms with Gasteiger partial charge in [0.1, 0.15) is 5.82 Å². The van der Waals surface area contributed by atoms with Gasteiger partial charge < -0.3 is 10.1 Å². The zero-order valence-electron chi connectivity index (χ0n) is 10.3. The molecule has 0 aliphatic carbocycles. The number of ether oxygens (including phenoxy) is 1. The molecule has 0 amide bonds. The second kappa shape index (κ2) is 4.84. The lowest BCUT2D eigenvalue weighted by Gasteiger charge is -2.23. The van der Waals surface area contributed by atoms with Gasteiger partial charge in [-0.2, -0.15) is 0 Å². The molecule has 2 aliphatic heterocycles. The Balaban J connectivity index is 1.89. The van der Waals surface area contributed by atoms with Crippen LogP contribution in [0.3, 0.4) is 0 Å². The van der Waals surface area contributed by atoms with Crippen LogP contribution in [0.5, 0.6) is 5.75 Å². The number of hydrogen-bond acceptors (Lipinski definition) is 2. The Morgan fingerprint density at radius 3 is 2.78 bits per heavy atom. The molecule has 4 heteroatoms. The van der Waals surface area contributed by atoms with Crippen molar-refractivity contribution in [3.05, 3.63) is 28.8 Å². The minimum Gasteiger partial charge on any atom is -0.490 e. The summed E-state index contributed by atoms with van der Waals surface area (Å²) in [5.41, 5.74) is 1.43. The number of piperidine rings is 1.